The topological polar surface area (TPSA) is 92.0 Å². The van der Waals surface area contributed by atoms with Crippen molar-refractivity contribution in [2.24, 2.45) is 0 Å². The van der Waals surface area contributed by atoms with E-state index in [0.717, 1.165) is 6.42 Å². The average molecular weight is 472 g/mol. The smallest absolute Gasteiger partial charge is 0.338 e. The molecule has 178 valence electrons. The molecule has 0 unspecified atom stereocenters. The fourth-order valence-electron chi connectivity index (χ4n) is 3.39. The van der Waals surface area contributed by atoms with Crippen LogP contribution in [0.1, 0.15) is 39.8 Å². The van der Waals surface area contributed by atoms with Gasteiger partial charge in [0.2, 0.25) is 11.2 Å². The lowest BCUT2D eigenvalue weighted by atomic mass is 10.1. The molecule has 0 radical (unpaired) electrons. The van der Waals surface area contributed by atoms with Crippen LogP contribution in [0.2, 0.25) is 0 Å². The van der Waals surface area contributed by atoms with E-state index in [2.05, 4.69) is 0 Å². The van der Waals surface area contributed by atoms with Crippen LogP contribution in [0.5, 0.6) is 17.2 Å². The normalized spacial score (nSPS) is 10.7. The van der Waals surface area contributed by atoms with Crippen molar-refractivity contribution >= 4 is 22.7 Å². The zero-order valence-corrected chi connectivity index (χ0v) is 19.4. The molecule has 0 saturated heterocycles. The molecule has 0 amide bonds. The van der Waals surface area contributed by atoms with Crippen LogP contribution in [0.25, 0.3) is 11.0 Å². The highest BCUT2D eigenvalue weighted by Crippen LogP contribution is 2.27. The molecule has 0 saturated carbocycles. The summed E-state index contributed by atoms with van der Waals surface area (Å²) >= 11 is 0. The molecule has 0 aliphatic carbocycles. The van der Waals surface area contributed by atoms with Crippen LogP contribution in [-0.4, -0.2) is 25.0 Å². The molecule has 0 aliphatic heterocycles. The summed E-state index contributed by atoms with van der Waals surface area (Å²) in [5, 5.41) is 0.312. The summed E-state index contributed by atoms with van der Waals surface area (Å²) < 4.78 is 22.3. The first kappa shape index (κ1) is 23.8. The van der Waals surface area contributed by atoms with Crippen molar-refractivity contribution in [3.8, 4) is 17.2 Å². The average Bonchev–Trinajstić information content (AvgIpc) is 2.89. The van der Waals surface area contributed by atoms with Crippen molar-refractivity contribution in [2.75, 3.05) is 13.2 Å². The minimum Gasteiger partial charge on any atom is -0.485 e. The quantitative estimate of drug-likeness (QED) is 0.227. The van der Waals surface area contributed by atoms with Gasteiger partial charge in [0, 0.05) is 11.6 Å². The number of aryl methyl sites for hydroxylation is 1. The van der Waals surface area contributed by atoms with Crippen molar-refractivity contribution in [2.45, 2.75) is 20.3 Å². The Morgan fingerprint density at radius 2 is 1.60 bits per heavy atom. The SMILES string of the molecule is CCCOC(=O)c1ccc(Oc2c(C)oc3cc(OCC(=O)c4ccccc4)ccc3c2=O)cc1. The predicted molar refractivity (Wildman–Crippen MR) is 131 cm³/mol. The Kier molecular flexibility index (Phi) is 7.26. The number of esters is 1. The van der Waals surface area contributed by atoms with Crippen molar-refractivity contribution in [3.05, 3.63) is 99.9 Å². The first-order chi connectivity index (χ1) is 17.0. The van der Waals surface area contributed by atoms with E-state index in [1.807, 2.05) is 13.0 Å². The van der Waals surface area contributed by atoms with Gasteiger partial charge in [0.15, 0.2) is 12.4 Å². The molecule has 7 heteroatoms. The molecule has 1 aromatic heterocycles. The van der Waals surface area contributed by atoms with Crippen LogP contribution in [0.4, 0.5) is 0 Å². The van der Waals surface area contributed by atoms with Gasteiger partial charge < -0.3 is 18.6 Å². The molecule has 0 fully saturated rings. The molecule has 0 bridgehead atoms. The van der Waals surface area contributed by atoms with Crippen LogP contribution < -0.4 is 14.9 Å². The molecule has 35 heavy (non-hydrogen) atoms. The Labute approximate surface area is 201 Å². The second-order valence-electron chi connectivity index (χ2n) is 7.81. The number of ketones is 1. The van der Waals surface area contributed by atoms with E-state index < -0.39 is 5.97 Å². The van der Waals surface area contributed by atoms with Crippen molar-refractivity contribution in [3.63, 3.8) is 0 Å². The lowest BCUT2D eigenvalue weighted by molar-refractivity contribution is 0.0505. The molecule has 0 aliphatic rings. The Morgan fingerprint density at radius 1 is 0.886 bits per heavy atom. The maximum Gasteiger partial charge on any atom is 0.338 e. The highest BCUT2D eigenvalue weighted by molar-refractivity contribution is 5.97. The van der Waals surface area contributed by atoms with Crippen LogP contribution >= 0.6 is 0 Å². The number of hydrogen-bond donors (Lipinski definition) is 0. The summed E-state index contributed by atoms with van der Waals surface area (Å²) in [7, 11) is 0. The standard InChI is InChI=1S/C28H24O7/c1-3-15-32-28(31)20-9-11-21(12-10-20)35-27-18(2)34-25-16-22(13-14-23(25)26(27)30)33-17-24(29)19-7-5-4-6-8-19/h4-14,16H,3,15,17H2,1-2H3. The van der Waals surface area contributed by atoms with Gasteiger partial charge in [0.25, 0.3) is 0 Å². The maximum atomic E-state index is 13.1. The van der Waals surface area contributed by atoms with E-state index in [1.165, 1.54) is 0 Å². The van der Waals surface area contributed by atoms with Crippen LogP contribution in [0.15, 0.2) is 82.0 Å². The lowest BCUT2D eigenvalue weighted by Crippen LogP contribution is -2.12. The summed E-state index contributed by atoms with van der Waals surface area (Å²) in [6, 6.07) is 19.9. The van der Waals surface area contributed by atoms with Gasteiger partial charge in [0.1, 0.15) is 22.8 Å². The van der Waals surface area contributed by atoms with Crippen molar-refractivity contribution in [1.29, 1.82) is 0 Å². The Morgan fingerprint density at radius 3 is 2.31 bits per heavy atom. The number of Topliss-reactive ketones (excluding diaryl/α,β-unsaturated/α-hetero) is 1. The lowest BCUT2D eigenvalue weighted by Gasteiger charge is -2.11. The molecule has 3 aromatic carbocycles. The molecule has 0 atom stereocenters. The first-order valence-electron chi connectivity index (χ1n) is 11.2. The van der Waals surface area contributed by atoms with E-state index in [1.54, 1.807) is 73.7 Å². The van der Waals surface area contributed by atoms with Crippen molar-refractivity contribution in [1.82, 2.24) is 0 Å². The summed E-state index contributed by atoms with van der Waals surface area (Å²) in [6.07, 6.45) is 0.739. The number of carbonyl (C=O) groups is 2. The molecule has 7 nitrogen and oxygen atoms in total. The largest absolute Gasteiger partial charge is 0.485 e. The molecular weight excluding hydrogens is 448 g/mol. The molecule has 4 rings (SSSR count). The second kappa shape index (κ2) is 10.7. The predicted octanol–water partition coefficient (Wildman–Crippen LogP) is 5.72. The minimum absolute atomic E-state index is 0.0479. The van der Waals surface area contributed by atoms with Gasteiger partial charge in [-0.05, 0) is 49.7 Å². The van der Waals surface area contributed by atoms with Crippen LogP contribution in [0.3, 0.4) is 0 Å². The molecular formula is C28H24O7. The first-order valence-corrected chi connectivity index (χ1v) is 11.2. The number of rotatable bonds is 9. The summed E-state index contributed by atoms with van der Waals surface area (Å²) in [4.78, 5) is 37.3. The zero-order chi connectivity index (χ0) is 24.8. The number of ether oxygens (including phenoxy) is 3. The van der Waals surface area contributed by atoms with E-state index in [4.69, 9.17) is 18.6 Å². The number of hydrogen-bond acceptors (Lipinski definition) is 7. The minimum atomic E-state index is -0.414. The third-order valence-corrected chi connectivity index (χ3v) is 5.20. The van der Waals surface area contributed by atoms with E-state index >= 15 is 0 Å². The highest BCUT2D eigenvalue weighted by Gasteiger charge is 2.16. The molecule has 1 heterocycles. The summed E-state index contributed by atoms with van der Waals surface area (Å²) in [6.45, 7) is 3.76. The Bertz CT molecular complexity index is 1400. The molecule has 0 N–H and O–H groups in total. The third kappa shape index (κ3) is 5.58. The van der Waals surface area contributed by atoms with E-state index in [0.29, 0.717) is 40.2 Å². The zero-order valence-electron chi connectivity index (χ0n) is 19.4. The van der Waals surface area contributed by atoms with Gasteiger partial charge in [0.05, 0.1) is 17.6 Å². The Balaban J connectivity index is 1.50. The Hall–Kier alpha value is -4.39. The van der Waals surface area contributed by atoms with Gasteiger partial charge in [-0.1, -0.05) is 37.3 Å². The highest BCUT2D eigenvalue weighted by atomic mass is 16.5. The fourth-order valence-corrected chi connectivity index (χ4v) is 3.39. The second-order valence-corrected chi connectivity index (χ2v) is 7.81. The summed E-state index contributed by atoms with van der Waals surface area (Å²) in [5.74, 6) is 0.549. The van der Waals surface area contributed by atoms with E-state index in [9.17, 15) is 14.4 Å². The van der Waals surface area contributed by atoms with Crippen molar-refractivity contribution < 1.29 is 28.2 Å². The maximum absolute atomic E-state index is 13.1. The van der Waals surface area contributed by atoms with E-state index in [-0.39, 0.29) is 29.3 Å². The molecule has 4 aromatic rings. The van der Waals surface area contributed by atoms with Gasteiger partial charge in [-0.15, -0.1) is 0 Å². The van der Waals surface area contributed by atoms with Gasteiger partial charge in [-0.3, -0.25) is 9.59 Å². The van der Waals surface area contributed by atoms with Gasteiger partial charge >= 0.3 is 5.97 Å². The number of benzene rings is 3. The van der Waals surface area contributed by atoms with Gasteiger partial charge in [-0.25, -0.2) is 4.79 Å². The van der Waals surface area contributed by atoms with Crippen LogP contribution in [-0.2, 0) is 4.74 Å². The van der Waals surface area contributed by atoms with Crippen LogP contribution in [0, 0.1) is 6.92 Å². The summed E-state index contributed by atoms with van der Waals surface area (Å²) in [5.41, 5.74) is 0.926. The number of fused-ring (bicyclic) bond motifs is 1. The van der Waals surface area contributed by atoms with Gasteiger partial charge in [-0.2, -0.15) is 0 Å². The monoisotopic (exact) mass is 472 g/mol. The molecule has 0 spiro atoms. The number of carbonyl (C=O) groups excluding carboxylic acids is 2. The fraction of sp³-hybridized carbons (Fsp3) is 0.179. The third-order valence-electron chi connectivity index (χ3n) is 5.20.